The number of phenolic OH excluding ortho intramolecular Hbond substituents is 1. The zero-order valence-corrected chi connectivity index (χ0v) is 48.2. The number of hydrogen-bond acceptors (Lipinski definition) is 14. The number of carboxylic acid groups (broad SMARTS) is 2. The maximum absolute atomic E-state index is 14.5. The molecule has 28 heteroatoms. The van der Waals surface area contributed by atoms with Gasteiger partial charge in [-0.1, -0.05) is 58.0 Å². The Labute approximate surface area is 485 Å². The molecular formula is C56H80N14O14. The predicted molar refractivity (Wildman–Crippen MR) is 307 cm³/mol. The van der Waals surface area contributed by atoms with Crippen molar-refractivity contribution < 1.29 is 68.4 Å². The first kappa shape index (κ1) is 67.4. The number of aliphatic carboxylic acids is 2. The van der Waals surface area contributed by atoms with Crippen molar-refractivity contribution in [2.75, 3.05) is 27.2 Å². The van der Waals surface area contributed by atoms with Crippen LogP contribution in [0.2, 0.25) is 0 Å². The second kappa shape index (κ2) is 33.1. The molecule has 1 aliphatic rings. The number of carbonyl (C=O) groups is 10. The number of aliphatic imine (C=N–C) groups is 1. The van der Waals surface area contributed by atoms with Gasteiger partial charge in [-0.25, -0.2) is 9.78 Å². The summed E-state index contributed by atoms with van der Waals surface area (Å²) in [4.78, 5) is 148. The van der Waals surface area contributed by atoms with Crippen LogP contribution in [0.5, 0.6) is 5.75 Å². The number of nitrogens with two attached hydrogens (primary N) is 1. The van der Waals surface area contributed by atoms with Gasteiger partial charge in [-0.3, -0.25) is 48.1 Å². The Morgan fingerprint density at radius 3 is 1.73 bits per heavy atom. The van der Waals surface area contributed by atoms with Crippen LogP contribution in [0.25, 0.3) is 10.9 Å². The molecule has 3 heterocycles. The number of fused-ring (bicyclic) bond motifs is 1. The Morgan fingerprint density at radius 1 is 0.702 bits per heavy atom. The zero-order valence-electron chi connectivity index (χ0n) is 48.2. The summed E-state index contributed by atoms with van der Waals surface area (Å²) in [6.07, 6.45) is 4.75. The Bertz CT molecular complexity index is 2910. The van der Waals surface area contributed by atoms with Gasteiger partial charge in [-0.2, -0.15) is 0 Å². The maximum Gasteiger partial charge on any atom is 0.326 e. The van der Waals surface area contributed by atoms with Gasteiger partial charge in [0.25, 0.3) is 5.97 Å². The highest BCUT2D eigenvalue weighted by atomic mass is 16.4. The normalized spacial score (nSPS) is 15.6. The van der Waals surface area contributed by atoms with E-state index >= 15 is 0 Å². The molecule has 458 valence electrons. The monoisotopic (exact) mass is 1170 g/mol. The summed E-state index contributed by atoms with van der Waals surface area (Å²) in [6, 6.07) is 2.18. The number of hydrogen-bond donors (Lipinski definition) is 15. The fourth-order valence-corrected chi connectivity index (χ4v) is 8.84. The lowest BCUT2D eigenvalue weighted by Gasteiger charge is -2.28. The maximum atomic E-state index is 14.5. The summed E-state index contributed by atoms with van der Waals surface area (Å²) in [6.45, 7) is 7.49. The zero-order chi connectivity index (χ0) is 62.2. The Hall–Kier alpha value is -9.08. The highest BCUT2D eigenvalue weighted by molar-refractivity contribution is 5.99. The minimum atomic E-state index is -1.74. The highest BCUT2D eigenvalue weighted by Gasteiger charge is 2.36. The molecule has 1 aliphatic heterocycles. The summed E-state index contributed by atoms with van der Waals surface area (Å²) in [5, 5.41) is 59.9. The molecule has 0 aliphatic carbocycles. The van der Waals surface area contributed by atoms with Gasteiger partial charge in [-0.15, -0.1) is 0 Å². The summed E-state index contributed by atoms with van der Waals surface area (Å²) < 4.78 is 0. The van der Waals surface area contributed by atoms with Crippen LogP contribution in [0.4, 0.5) is 0 Å². The number of nitrogens with zero attached hydrogens (tertiary/aromatic N) is 3. The minimum absolute atomic E-state index is 0.00940. The van der Waals surface area contributed by atoms with Crippen molar-refractivity contribution in [1.82, 2.24) is 62.4 Å². The number of H-pyrrole nitrogens is 2. The average Bonchev–Trinajstić information content (AvgIpc) is 4.05. The van der Waals surface area contributed by atoms with Crippen LogP contribution in [0.3, 0.4) is 0 Å². The molecular weight excluding hydrogens is 1090 g/mol. The molecule has 16 N–H and O–H groups in total. The first-order valence-electron chi connectivity index (χ1n) is 27.5. The standard InChI is InChI=1S/C54H76N14O12.C2H4O2/c1-29(2)20-39(47(73)61-38(53(79)80)12-9-19-57-54(55)68(5)6)62-48(74)40(21-30(3)4)63-49(75)41(22-31-13-15-34(70)16-14-31)64-52(78)44(27-69)67-50(76)42(23-32-25-58-36-11-8-7-10-35(32)36)65-51(77)43(24-33-26-56-28-59-33)66-46(72)37-17-18-45(71)60-37;1-2(3)4/h7-8,10-11,13-16,25-26,28-30,37-44,58,69-70H,9,12,17-24,27H2,1-6H3,(H2,55,57)(H,56,59)(H,60,71)(H,61,73)(H,62,74)(H,63,75)(H,64,78)(H,65,77)(H,66,72)(H,67,76)(H,79,80);1H3,(H,3,4)/t37-,38-,39-,40+,41-,42-,43-,44-;/m0./s1. The fraction of sp³-hybridized carbons (Fsp3) is 0.500. The first-order valence-corrected chi connectivity index (χ1v) is 27.5. The Morgan fingerprint density at radius 2 is 1.21 bits per heavy atom. The van der Waals surface area contributed by atoms with Gasteiger partial charge in [0.05, 0.1) is 12.9 Å². The van der Waals surface area contributed by atoms with Gasteiger partial charge < -0.3 is 83.6 Å². The first-order chi connectivity index (χ1) is 39.7. The van der Waals surface area contributed by atoms with Crippen LogP contribution in [-0.4, -0.2) is 181 Å². The van der Waals surface area contributed by atoms with E-state index in [1.807, 2.05) is 19.9 Å². The number of imidazole rings is 1. The van der Waals surface area contributed by atoms with Crippen molar-refractivity contribution in [2.45, 2.75) is 141 Å². The van der Waals surface area contributed by atoms with Crippen LogP contribution in [0, 0.1) is 11.8 Å². The molecule has 8 atom stereocenters. The molecule has 0 saturated carbocycles. The number of phenols is 1. The third-order valence-electron chi connectivity index (χ3n) is 13.2. The molecule has 0 spiro atoms. The highest BCUT2D eigenvalue weighted by Crippen LogP contribution is 2.20. The third-order valence-corrected chi connectivity index (χ3v) is 13.2. The number of aromatic hydroxyl groups is 1. The number of aliphatic hydroxyl groups excluding tert-OH is 1. The van der Waals surface area contributed by atoms with E-state index in [1.54, 1.807) is 57.2 Å². The molecule has 8 amide bonds. The van der Waals surface area contributed by atoms with Crippen molar-refractivity contribution in [3.63, 3.8) is 0 Å². The van der Waals surface area contributed by atoms with Gasteiger partial charge in [0.1, 0.15) is 54.1 Å². The lowest BCUT2D eigenvalue weighted by atomic mass is 9.98. The number of guanidine groups is 1. The number of para-hydroxylation sites is 1. The molecule has 1 saturated heterocycles. The summed E-state index contributed by atoms with van der Waals surface area (Å²) in [5.74, 6) is -8.50. The van der Waals surface area contributed by atoms with E-state index in [1.165, 1.54) is 36.8 Å². The molecule has 28 nitrogen and oxygen atoms in total. The van der Waals surface area contributed by atoms with Crippen LogP contribution >= 0.6 is 0 Å². The largest absolute Gasteiger partial charge is 0.508 e. The number of aromatic amines is 2. The molecule has 0 radical (unpaired) electrons. The number of rotatable bonds is 30. The molecule has 0 unspecified atom stereocenters. The van der Waals surface area contributed by atoms with Gasteiger partial charge >= 0.3 is 5.97 Å². The molecule has 0 bridgehead atoms. The smallest absolute Gasteiger partial charge is 0.326 e. The van der Waals surface area contributed by atoms with Gasteiger partial charge in [0, 0.05) is 82.2 Å². The minimum Gasteiger partial charge on any atom is -0.508 e. The van der Waals surface area contributed by atoms with Gasteiger partial charge in [0.15, 0.2) is 5.96 Å². The van der Waals surface area contributed by atoms with Crippen molar-refractivity contribution >= 4 is 76.1 Å². The number of carboxylic acids is 2. The van der Waals surface area contributed by atoms with Crippen LogP contribution < -0.4 is 48.3 Å². The lowest BCUT2D eigenvalue weighted by Crippen LogP contribution is -2.61. The number of nitrogens with one attached hydrogen (secondary N) is 10. The number of aromatic nitrogens is 3. The summed E-state index contributed by atoms with van der Waals surface area (Å²) in [5.41, 5.74) is 8.06. The molecule has 5 rings (SSSR count). The van der Waals surface area contributed by atoms with Gasteiger partial charge in [-0.05, 0) is 73.3 Å². The molecule has 2 aromatic carbocycles. The van der Waals surface area contributed by atoms with Crippen molar-refractivity contribution in [3.8, 4) is 5.75 Å². The Balaban J connectivity index is 0.00000366. The van der Waals surface area contributed by atoms with Gasteiger partial charge in [0.2, 0.25) is 47.3 Å². The van der Waals surface area contributed by atoms with Crippen LogP contribution in [0.15, 0.2) is 72.2 Å². The summed E-state index contributed by atoms with van der Waals surface area (Å²) in [7, 11) is 3.41. The van der Waals surface area contributed by atoms with E-state index in [0.717, 1.165) is 12.4 Å². The predicted octanol–water partition coefficient (Wildman–Crippen LogP) is -0.787. The van der Waals surface area contributed by atoms with Crippen LogP contribution in [0.1, 0.15) is 90.0 Å². The number of aliphatic hydroxyl groups is 1. The van der Waals surface area contributed by atoms with Crippen LogP contribution in [-0.2, 0) is 67.2 Å². The molecule has 4 aromatic rings. The third kappa shape index (κ3) is 22.3. The molecule has 1 fully saturated rings. The molecule has 84 heavy (non-hydrogen) atoms. The van der Waals surface area contributed by atoms with E-state index in [0.29, 0.717) is 22.2 Å². The quantitative estimate of drug-likeness (QED) is 0.0173. The van der Waals surface area contributed by atoms with E-state index < -0.39 is 108 Å². The van der Waals surface area contributed by atoms with E-state index in [-0.39, 0.29) is 93.8 Å². The topological polar surface area (TPSA) is 434 Å². The number of benzene rings is 2. The number of carbonyl (C=O) groups excluding carboxylic acids is 8. The van der Waals surface area contributed by atoms with E-state index in [4.69, 9.17) is 15.6 Å². The average molecular weight is 1170 g/mol. The second-order valence-electron chi connectivity index (χ2n) is 21.4. The van der Waals surface area contributed by atoms with E-state index in [2.05, 4.69) is 62.5 Å². The van der Waals surface area contributed by atoms with Crippen molar-refractivity contribution in [3.05, 3.63) is 84.1 Å². The second-order valence-corrected chi connectivity index (χ2v) is 21.4. The summed E-state index contributed by atoms with van der Waals surface area (Å²) >= 11 is 0. The fourth-order valence-electron chi connectivity index (χ4n) is 8.84. The lowest BCUT2D eigenvalue weighted by molar-refractivity contribution is -0.142. The SMILES string of the molecule is CC(=O)O.CC(C)C[C@H](NC(=O)[C@@H](CC(C)C)NC(=O)[C@H](Cc1ccc(O)cc1)NC(=O)[C@H](CO)NC(=O)[C@H](Cc1c[nH]c2ccccc12)NC(=O)[C@H](Cc1cnc[nH]1)NC(=O)[C@@H]1CCC(=O)N1)C(=O)N[C@@H](CCCN=C(N)N(C)C)C(=O)O. The number of amides is 8. The molecule has 2 aromatic heterocycles. The van der Waals surface area contributed by atoms with Crippen molar-refractivity contribution in [1.29, 1.82) is 0 Å². The van der Waals surface area contributed by atoms with E-state index in [9.17, 15) is 58.5 Å². The van der Waals surface area contributed by atoms with Crippen molar-refractivity contribution in [2.24, 2.45) is 22.6 Å². The Kier molecular flexibility index (Phi) is 26.6.